The Kier molecular flexibility index (Phi) is 6.42. The lowest BCUT2D eigenvalue weighted by Gasteiger charge is -2.13. The molecule has 0 aromatic heterocycles. The van der Waals surface area contributed by atoms with Crippen LogP contribution in [0, 0.1) is 28.6 Å². The fraction of sp³-hybridized carbons (Fsp3) is 0.304. The number of hydrogen-bond donors (Lipinski definition) is 1. The molecule has 1 aliphatic carbocycles. The maximum Gasteiger partial charge on any atom is 0.426 e. The predicted molar refractivity (Wildman–Crippen MR) is 110 cm³/mol. The predicted octanol–water partition coefficient (Wildman–Crippen LogP) is 6.25. The summed E-state index contributed by atoms with van der Waals surface area (Å²) in [5, 5.41) is 17.6. The van der Waals surface area contributed by atoms with Crippen LogP contribution >= 0.6 is 11.6 Å². The van der Waals surface area contributed by atoms with E-state index in [-0.39, 0.29) is 5.75 Å². The number of aromatic hydroxyl groups is 1. The molecule has 168 valence electrons. The van der Waals surface area contributed by atoms with Crippen molar-refractivity contribution in [1.29, 1.82) is 5.26 Å². The molecule has 1 aliphatic rings. The molecule has 0 amide bonds. The molecule has 1 saturated carbocycles. The molecule has 0 radical (unpaired) electrons. The Hall–Kier alpha value is -3.18. The Morgan fingerprint density at radius 2 is 1.88 bits per heavy atom. The normalized spacial score (nSPS) is 20.7. The second-order valence-electron chi connectivity index (χ2n) is 7.95. The maximum atomic E-state index is 12.7. The molecule has 2 aromatic carbocycles. The third-order valence-electron chi connectivity index (χ3n) is 5.35. The Morgan fingerprint density at radius 3 is 2.47 bits per heavy atom. The molecule has 1 N–H and O–H groups in total. The first-order chi connectivity index (χ1) is 14.9. The van der Waals surface area contributed by atoms with Crippen LogP contribution in [0.1, 0.15) is 25.5 Å². The van der Waals surface area contributed by atoms with E-state index in [0.29, 0.717) is 17.1 Å². The Bertz CT molecular complexity index is 1070. The summed E-state index contributed by atoms with van der Waals surface area (Å²) in [5.41, 5.74) is -0.442. The third-order valence-corrected chi connectivity index (χ3v) is 5.69. The number of nitriles is 1. The maximum absolute atomic E-state index is 12.7. The summed E-state index contributed by atoms with van der Waals surface area (Å²) < 4.78 is 49.2. The van der Waals surface area contributed by atoms with Gasteiger partial charge in [0.25, 0.3) is 0 Å². The van der Waals surface area contributed by atoms with Gasteiger partial charge in [0.15, 0.2) is 0 Å². The summed E-state index contributed by atoms with van der Waals surface area (Å²) in [6, 6.07) is 14.2. The highest BCUT2D eigenvalue weighted by atomic mass is 35.5. The number of carbonyl (C=O) groups is 1. The van der Waals surface area contributed by atoms with Gasteiger partial charge in [-0.25, -0.2) is 0 Å². The average molecular weight is 466 g/mol. The van der Waals surface area contributed by atoms with E-state index in [4.69, 9.17) is 21.1 Å². The third kappa shape index (κ3) is 5.17. The lowest BCUT2D eigenvalue weighted by Crippen LogP contribution is -2.14. The fourth-order valence-electron chi connectivity index (χ4n) is 3.44. The number of rotatable bonds is 6. The molecule has 2 aromatic rings. The van der Waals surface area contributed by atoms with Gasteiger partial charge in [-0.3, -0.25) is 4.79 Å². The van der Waals surface area contributed by atoms with Gasteiger partial charge in [0.1, 0.15) is 28.4 Å². The zero-order chi connectivity index (χ0) is 23.7. The molecule has 9 heteroatoms. The van der Waals surface area contributed by atoms with Gasteiger partial charge in [-0.05, 0) is 47.7 Å². The van der Waals surface area contributed by atoms with Crippen molar-refractivity contribution in [2.24, 2.45) is 17.3 Å². The molecular weight excluding hydrogens is 447 g/mol. The zero-order valence-electron chi connectivity index (χ0n) is 17.1. The SMILES string of the molecule is CC1(C)[C@H](C=C(Cl)C(F)(F)F)[C@@H]1C(=O)OC(C#N)c1cccc(Oc2ccc(O)cc2)c1. The summed E-state index contributed by atoms with van der Waals surface area (Å²) in [7, 11) is 0. The van der Waals surface area contributed by atoms with E-state index >= 15 is 0 Å². The van der Waals surface area contributed by atoms with Gasteiger partial charge in [-0.2, -0.15) is 18.4 Å². The number of alkyl halides is 3. The minimum atomic E-state index is -4.69. The van der Waals surface area contributed by atoms with E-state index in [2.05, 4.69) is 0 Å². The summed E-state index contributed by atoms with van der Waals surface area (Å²) >= 11 is 5.31. The lowest BCUT2D eigenvalue weighted by molar-refractivity contribution is -0.149. The van der Waals surface area contributed by atoms with Crippen molar-refractivity contribution in [3.05, 3.63) is 65.2 Å². The van der Waals surface area contributed by atoms with Crippen molar-refractivity contribution in [3.8, 4) is 23.3 Å². The smallest absolute Gasteiger partial charge is 0.426 e. The Morgan fingerprint density at radius 1 is 1.22 bits per heavy atom. The van der Waals surface area contributed by atoms with Gasteiger partial charge in [0, 0.05) is 5.56 Å². The summed E-state index contributed by atoms with van der Waals surface area (Å²) in [6.45, 7) is 3.27. The van der Waals surface area contributed by atoms with Gasteiger partial charge in [0.05, 0.1) is 5.92 Å². The van der Waals surface area contributed by atoms with Crippen LogP contribution in [0.25, 0.3) is 0 Å². The molecule has 1 fully saturated rings. The molecule has 0 spiro atoms. The van der Waals surface area contributed by atoms with Gasteiger partial charge < -0.3 is 14.6 Å². The van der Waals surface area contributed by atoms with Crippen LogP contribution in [-0.4, -0.2) is 17.3 Å². The van der Waals surface area contributed by atoms with Crippen LogP contribution in [0.2, 0.25) is 0 Å². The molecule has 32 heavy (non-hydrogen) atoms. The van der Waals surface area contributed by atoms with E-state index in [0.717, 1.165) is 6.08 Å². The van der Waals surface area contributed by atoms with Gasteiger partial charge >= 0.3 is 12.1 Å². The Labute approximate surface area is 187 Å². The van der Waals surface area contributed by atoms with Gasteiger partial charge in [-0.15, -0.1) is 0 Å². The standard InChI is InChI=1S/C23H19ClF3NO4/c1-22(2)17(11-19(24)23(25,26)27)20(22)21(30)32-18(12-28)13-4-3-5-16(10-13)31-15-8-6-14(29)7-9-15/h3-11,17-18,20,29H,1-2H3/t17-,18?,20-/m1/s1. The van der Waals surface area contributed by atoms with Gasteiger partial charge in [0.2, 0.25) is 6.10 Å². The topological polar surface area (TPSA) is 79.6 Å². The first-order valence-corrected chi connectivity index (χ1v) is 9.92. The number of phenolic OH excluding ortho intramolecular Hbond substituents is 1. The minimum absolute atomic E-state index is 0.0789. The number of halogens is 4. The van der Waals surface area contributed by atoms with E-state index in [1.165, 1.54) is 18.2 Å². The summed E-state index contributed by atoms with van der Waals surface area (Å²) in [5.74, 6) is -1.50. The fourth-order valence-corrected chi connectivity index (χ4v) is 3.58. The number of benzene rings is 2. The van der Waals surface area contributed by atoms with Crippen LogP contribution in [0.4, 0.5) is 13.2 Å². The zero-order valence-corrected chi connectivity index (χ0v) is 17.8. The van der Waals surface area contributed by atoms with E-state index < -0.39 is 40.5 Å². The van der Waals surface area contributed by atoms with Crippen LogP contribution < -0.4 is 4.74 Å². The number of esters is 1. The van der Waals surface area contributed by atoms with E-state index in [9.17, 15) is 28.3 Å². The molecule has 0 bridgehead atoms. The number of ether oxygens (including phenoxy) is 2. The van der Waals surface area contributed by atoms with Crippen molar-refractivity contribution >= 4 is 17.6 Å². The molecule has 1 unspecified atom stereocenters. The van der Waals surface area contributed by atoms with Crippen molar-refractivity contribution in [2.45, 2.75) is 26.1 Å². The van der Waals surface area contributed by atoms with Crippen molar-refractivity contribution in [3.63, 3.8) is 0 Å². The highest BCUT2D eigenvalue weighted by molar-refractivity contribution is 6.30. The second kappa shape index (κ2) is 8.75. The first-order valence-electron chi connectivity index (χ1n) is 9.55. The number of hydrogen-bond acceptors (Lipinski definition) is 5. The second-order valence-corrected chi connectivity index (χ2v) is 8.36. The number of phenols is 1. The summed E-state index contributed by atoms with van der Waals surface area (Å²) in [6.07, 6.45) is -5.15. The average Bonchev–Trinajstić information content (AvgIpc) is 3.27. The van der Waals surface area contributed by atoms with Crippen LogP contribution in [-0.2, 0) is 9.53 Å². The molecule has 0 heterocycles. The van der Waals surface area contributed by atoms with Crippen LogP contribution in [0.3, 0.4) is 0 Å². The molecule has 3 rings (SSSR count). The molecule has 5 nitrogen and oxygen atoms in total. The molecular formula is C23H19ClF3NO4. The van der Waals surface area contributed by atoms with Crippen molar-refractivity contribution < 1.29 is 32.5 Å². The minimum Gasteiger partial charge on any atom is -0.508 e. The van der Waals surface area contributed by atoms with E-state index in [1.54, 1.807) is 44.2 Å². The van der Waals surface area contributed by atoms with Crippen LogP contribution in [0.5, 0.6) is 17.2 Å². The molecule has 0 saturated heterocycles. The van der Waals surface area contributed by atoms with Crippen LogP contribution in [0.15, 0.2) is 59.6 Å². The lowest BCUT2D eigenvalue weighted by atomic mass is 10.1. The largest absolute Gasteiger partial charge is 0.508 e. The summed E-state index contributed by atoms with van der Waals surface area (Å²) in [4.78, 5) is 12.6. The van der Waals surface area contributed by atoms with Gasteiger partial charge in [-0.1, -0.05) is 43.7 Å². The number of allylic oxidation sites excluding steroid dienone is 2. The van der Waals surface area contributed by atoms with E-state index in [1.807, 2.05) is 6.07 Å². The highest BCUT2D eigenvalue weighted by Crippen LogP contribution is 2.60. The molecule has 3 atom stereocenters. The number of nitrogens with zero attached hydrogens (tertiary/aromatic N) is 1. The highest BCUT2D eigenvalue weighted by Gasteiger charge is 2.62. The quantitative estimate of drug-likeness (QED) is 0.510. The van der Waals surface area contributed by atoms with Crippen molar-refractivity contribution in [2.75, 3.05) is 0 Å². The monoisotopic (exact) mass is 465 g/mol. The first kappa shape index (κ1) is 23.5. The number of carbonyl (C=O) groups excluding carboxylic acids is 1. The Balaban J connectivity index is 1.72. The van der Waals surface area contributed by atoms with Crippen molar-refractivity contribution in [1.82, 2.24) is 0 Å². The molecule has 0 aliphatic heterocycles.